The number of rotatable bonds is 3. The van der Waals surface area contributed by atoms with Crippen molar-refractivity contribution in [2.45, 2.75) is 6.54 Å². The first kappa shape index (κ1) is 10.1. The largest absolute Gasteiger partial charge is 0.447 e. The van der Waals surface area contributed by atoms with Gasteiger partial charge < -0.3 is 10.5 Å². The van der Waals surface area contributed by atoms with Gasteiger partial charge >= 0.3 is 0 Å². The summed E-state index contributed by atoms with van der Waals surface area (Å²) in [5, 5.41) is 0.723. The quantitative estimate of drug-likeness (QED) is 0.867. The highest BCUT2D eigenvalue weighted by molar-refractivity contribution is 7.13. The molecule has 0 spiro atoms. The highest BCUT2D eigenvalue weighted by Crippen LogP contribution is 2.29. The first-order valence-electron chi connectivity index (χ1n) is 4.50. The fourth-order valence-electron chi connectivity index (χ4n) is 1.17. The van der Waals surface area contributed by atoms with E-state index in [0.717, 1.165) is 9.94 Å². The molecule has 0 amide bonds. The van der Waals surface area contributed by atoms with Crippen LogP contribution in [0.5, 0.6) is 10.8 Å². The molecule has 15 heavy (non-hydrogen) atoms. The predicted octanol–water partition coefficient (Wildman–Crippen LogP) is 3.14. The minimum atomic E-state index is -0.303. The molecule has 2 aromatic rings. The van der Waals surface area contributed by atoms with E-state index >= 15 is 0 Å². The Balaban J connectivity index is 2.14. The summed E-state index contributed by atoms with van der Waals surface area (Å²) < 4.78 is 18.3. The second-order valence-corrected chi connectivity index (χ2v) is 4.12. The lowest BCUT2D eigenvalue weighted by molar-refractivity contribution is 0.490. The molecule has 1 heterocycles. The van der Waals surface area contributed by atoms with Gasteiger partial charge in [-0.3, -0.25) is 0 Å². The Labute approximate surface area is 91.1 Å². The molecular weight excluding hydrogens is 213 g/mol. The maximum absolute atomic E-state index is 12.8. The predicted molar refractivity (Wildman–Crippen MR) is 58.7 cm³/mol. The van der Waals surface area contributed by atoms with E-state index in [1.165, 1.54) is 23.5 Å². The molecule has 2 nitrogen and oxygen atoms in total. The van der Waals surface area contributed by atoms with Crippen molar-refractivity contribution in [1.29, 1.82) is 0 Å². The van der Waals surface area contributed by atoms with Gasteiger partial charge in [0.25, 0.3) is 0 Å². The molecule has 0 radical (unpaired) electrons. The monoisotopic (exact) mass is 223 g/mol. The highest BCUT2D eigenvalue weighted by atomic mass is 32.1. The fourth-order valence-corrected chi connectivity index (χ4v) is 1.92. The van der Waals surface area contributed by atoms with E-state index in [0.29, 0.717) is 12.3 Å². The van der Waals surface area contributed by atoms with Crippen LogP contribution in [0.1, 0.15) is 4.88 Å². The summed E-state index contributed by atoms with van der Waals surface area (Å²) in [5.74, 6) is 0.198. The van der Waals surface area contributed by atoms with Gasteiger partial charge in [0.15, 0.2) is 5.06 Å². The molecule has 0 unspecified atom stereocenters. The van der Waals surface area contributed by atoms with E-state index in [9.17, 15) is 4.39 Å². The lowest BCUT2D eigenvalue weighted by atomic mass is 10.3. The molecule has 2 N–H and O–H groups in total. The van der Waals surface area contributed by atoms with Crippen LogP contribution in [0.15, 0.2) is 36.4 Å². The van der Waals surface area contributed by atoms with E-state index in [-0.39, 0.29) is 5.82 Å². The summed E-state index contributed by atoms with van der Waals surface area (Å²) in [4.78, 5) is 1.04. The molecule has 0 aliphatic heterocycles. The van der Waals surface area contributed by atoms with Crippen molar-refractivity contribution in [3.63, 3.8) is 0 Å². The van der Waals surface area contributed by atoms with Crippen LogP contribution in [0.25, 0.3) is 0 Å². The van der Waals surface area contributed by atoms with Crippen LogP contribution in [-0.4, -0.2) is 0 Å². The molecule has 0 atom stereocenters. The maximum atomic E-state index is 12.8. The molecule has 1 aromatic heterocycles. The number of hydrogen-bond donors (Lipinski definition) is 1. The number of halogens is 1. The van der Waals surface area contributed by atoms with Gasteiger partial charge in [-0.2, -0.15) is 0 Å². The Morgan fingerprint density at radius 1 is 1.27 bits per heavy atom. The first-order valence-corrected chi connectivity index (χ1v) is 5.32. The van der Waals surface area contributed by atoms with Crippen LogP contribution in [0.2, 0.25) is 0 Å². The second kappa shape index (κ2) is 4.42. The summed E-state index contributed by atoms with van der Waals surface area (Å²) in [7, 11) is 0. The molecule has 0 bridgehead atoms. The zero-order valence-electron chi connectivity index (χ0n) is 7.94. The molecule has 0 saturated heterocycles. The van der Waals surface area contributed by atoms with E-state index in [4.69, 9.17) is 10.5 Å². The fraction of sp³-hybridized carbons (Fsp3) is 0.0909. The number of thiophene rings is 1. The number of nitrogens with two attached hydrogens (primary N) is 1. The normalized spacial score (nSPS) is 10.3. The second-order valence-electron chi connectivity index (χ2n) is 2.98. The van der Waals surface area contributed by atoms with E-state index in [2.05, 4.69) is 0 Å². The van der Waals surface area contributed by atoms with Gasteiger partial charge in [-0.15, -0.1) is 11.3 Å². The Morgan fingerprint density at radius 3 is 2.80 bits per heavy atom. The minimum Gasteiger partial charge on any atom is -0.447 e. The zero-order chi connectivity index (χ0) is 10.7. The molecule has 78 valence electrons. The maximum Gasteiger partial charge on any atom is 0.181 e. The standard InChI is InChI=1S/C11H10FNOS/c12-8-2-1-3-9(6-8)14-11-5-4-10(7-13)15-11/h1-6H,7,13H2. The summed E-state index contributed by atoms with van der Waals surface area (Å²) in [5.41, 5.74) is 5.48. The van der Waals surface area contributed by atoms with Gasteiger partial charge in [0, 0.05) is 17.5 Å². The van der Waals surface area contributed by atoms with Crippen LogP contribution in [0.4, 0.5) is 4.39 Å². The Hall–Kier alpha value is -1.39. The van der Waals surface area contributed by atoms with Gasteiger partial charge in [0.2, 0.25) is 0 Å². The topological polar surface area (TPSA) is 35.2 Å². The van der Waals surface area contributed by atoms with E-state index in [1.807, 2.05) is 12.1 Å². The van der Waals surface area contributed by atoms with Gasteiger partial charge in [0.05, 0.1) is 0 Å². The molecule has 4 heteroatoms. The first-order chi connectivity index (χ1) is 7.28. The average molecular weight is 223 g/mol. The van der Waals surface area contributed by atoms with Crippen LogP contribution >= 0.6 is 11.3 Å². The zero-order valence-corrected chi connectivity index (χ0v) is 8.76. The average Bonchev–Trinajstić information content (AvgIpc) is 2.65. The van der Waals surface area contributed by atoms with Gasteiger partial charge in [-0.25, -0.2) is 4.39 Å². The van der Waals surface area contributed by atoms with Gasteiger partial charge in [0.1, 0.15) is 11.6 Å². The van der Waals surface area contributed by atoms with Crippen molar-refractivity contribution in [1.82, 2.24) is 0 Å². The van der Waals surface area contributed by atoms with Crippen molar-refractivity contribution in [2.24, 2.45) is 5.73 Å². The van der Waals surface area contributed by atoms with Crippen LogP contribution in [0, 0.1) is 5.82 Å². The van der Waals surface area contributed by atoms with Crippen molar-refractivity contribution >= 4 is 11.3 Å². The SMILES string of the molecule is NCc1ccc(Oc2cccc(F)c2)s1. The summed E-state index contributed by atoms with van der Waals surface area (Å²) in [6.45, 7) is 0.497. The number of ether oxygens (including phenoxy) is 1. The molecule has 1 aromatic carbocycles. The molecule has 0 aliphatic carbocycles. The molecule has 2 rings (SSSR count). The van der Waals surface area contributed by atoms with Crippen LogP contribution in [0.3, 0.4) is 0 Å². The smallest absolute Gasteiger partial charge is 0.181 e. The Kier molecular flexibility index (Phi) is 2.99. The van der Waals surface area contributed by atoms with Gasteiger partial charge in [-0.1, -0.05) is 6.07 Å². The number of benzene rings is 1. The van der Waals surface area contributed by atoms with E-state index < -0.39 is 0 Å². The Morgan fingerprint density at radius 2 is 2.13 bits per heavy atom. The summed E-state index contributed by atoms with van der Waals surface area (Å²) in [6.07, 6.45) is 0. The molecule has 0 fully saturated rings. The number of hydrogen-bond acceptors (Lipinski definition) is 3. The van der Waals surface area contributed by atoms with Crippen LogP contribution in [-0.2, 0) is 6.54 Å². The van der Waals surface area contributed by atoms with Crippen molar-refractivity contribution in [2.75, 3.05) is 0 Å². The third kappa shape index (κ3) is 2.55. The van der Waals surface area contributed by atoms with Crippen molar-refractivity contribution in [3.8, 4) is 10.8 Å². The third-order valence-corrected chi connectivity index (χ3v) is 2.84. The highest BCUT2D eigenvalue weighted by Gasteiger charge is 2.01. The van der Waals surface area contributed by atoms with Crippen LogP contribution < -0.4 is 10.5 Å². The van der Waals surface area contributed by atoms with E-state index in [1.54, 1.807) is 12.1 Å². The Bertz CT molecular complexity index is 455. The molecule has 0 aliphatic rings. The summed E-state index contributed by atoms with van der Waals surface area (Å²) in [6, 6.07) is 9.79. The minimum absolute atomic E-state index is 0.303. The van der Waals surface area contributed by atoms with Crippen molar-refractivity contribution < 1.29 is 9.13 Å². The lowest BCUT2D eigenvalue weighted by Gasteiger charge is -2.01. The lowest BCUT2D eigenvalue weighted by Crippen LogP contribution is -1.91. The summed E-state index contributed by atoms with van der Waals surface area (Å²) >= 11 is 1.46. The van der Waals surface area contributed by atoms with Gasteiger partial charge in [-0.05, 0) is 24.3 Å². The third-order valence-electron chi connectivity index (χ3n) is 1.85. The van der Waals surface area contributed by atoms with Crippen molar-refractivity contribution in [3.05, 3.63) is 47.1 Å². The molecular formula is C11H10FNOS. The molecule has 0 saturated carbocycles.